The fraction of sp³-hybridized carbons (Fsp3) is 0.556. The van der Waals surface area contributed by atoms with Crippen molar-refractivity contribution in [3.63, 3.8) is 0 Å². The lowest BCUT2D eigenvalue weighted by molar-refractivity contribution is 0.00935. The van der Waals surface area contributed by atoms with Crippen LogP contribution in [0, 0.1) is 5.41 Å². The number of aromatic nitrogens is 4. The van der Waals surface area contributed by atoms with Crippen LogP contribution < -0.4 is 0 Å². The largest absolute Gasteiger partial charge is 0.377 e. The summed E-state index contributed by atoms with van der Waals surface area (Å²) in [5.41, 5.74) is 1.27. The molecule has 0 aliphatic carbocycles. The molecule has 1 amide bonds. The number of nitrogens with zero attached hydrogens (tertiary/aromatic N) is 5. The Morgan fingerprint density at radius 3 is 2.72 bits per heavy atom. The molecular formula is C18H23N5O2. The van der Waals surface area contributed by atoms with Crippen LogP contribution in [-0.2, 0) is 18.2 Å². The van der Waals surface area contributed by atoms with Crippen molar-refractivity contribution >= 4 is 5.91 Å². The first kappa shape index (κ1) is 16.2. The van der Waals surface area contributed by atoms with E-state index in [9.17, 15) is 4.79 Å². The van der Waals surface area contributed by atoms with Gasteiger partial charge in [0.05, 0.1) is 6.10 Å². The van der Waals surface area contributed by atoms with Gasteiger partial charge < -0.3 is 14.2 Å². The van der Waals surface area contributed by atoms with Gasteiger partial charge in [-0.3, -0.25) is 4.79 Å². The second-order valence-corrected chi connectivity index (χ2v) is 7.08. The van der Waals surface area contributed by atoms with Gasteiger partial charge in [-0.05, 0) is 24.8 Å². The highest BCUT2D eigenvalue weighted by atomic mass is 16.5. The van der Waals surface area contributed by atoms with Gasteiger partial charge in [0.25, 0.3) is 5.91 Å². The third kappa shape index (κ3) is 3.04. The molecule has 2 aromatic heterocycles. The molecule has 2 aliphatic rings. The number of imidazole rings is 1. The van der Waals surface area contributed by atoms with Crippen LogP contribution in [0.15, 0.2) is 31.1 Å². The predicted octanol–water partition coefficient (Wildman–Crippen LogP) is 1.46. The number of hydrogen-bond donors (Lipinski definition) is 0. The summed E-state index contributed by atoms with van der Waals surface area (Å²) < 4.78 is 7.84. The van der Waals surface area contributed by atoms with Crippen molar-refractivity contribution in [2.45, 2.75) is 31.8 Å². The zero-order valence-corrected chi connectivity index (χ0v) is 14.5. The van der Waals surface area contributed by atoms with Gasteiger partial charge in [0, 0.05) is 63.4 Å². The summed E-state index contributed by atoms with van der Waals surface area (Å²) in [5.74, 6) is 0.533. The minimum Gasteiger partial charge on any atom is -0.377 e. The SMILES string of the molecule is Cn1ccnc1C(=O)N1CCC2(CCO[C@H]2Cc2cncnc2)CC1. The number of carbonyl (C=O) groups excluding carboxylic acids is 1. The van der Waals surface area contributed by atoms with Gasteiger partial charge in [-0.2, -0.15) is 0 Å². The number of ether oxygens (including phenoxy) is 1. The van der Waals surface area contributed by atoms with Crippen LogP contribution in [0.5, 0.6) is 0 Å². The van der Waals surface area contributed by atoms with E-state index in [0.717, 1.165) is 50.9 Å². The smallest absolute Gasteiger partial charge is 0.289 e. The van der Waals surface area contributed by atoms with Gasteiger partial charge in [0.1, 0.15) is 6.33 Å². The summed E-state index contributed by atoms with van der Waals surface area (Å²) in [5, 5.41) is 0. The molecule has 25 heavy (non-hydrogen) atoms. The molecule has 0 radical (unpaired) electrons. The van der Waals surface area contributed by atoms with Crippen molar-refractivity contribution in [1.29, 1.82) is 0 Å². The summed E-state index contributed by atoms with van der Waals surface area (Å²) >= 11 is 0. The number of likely N-dealkylation sites (tertiary alicyclic amines) is 1. The van der Waals surface area contributed by atoms with E-state index >= 15 is 0 Å². The molecular weight excluding hydrogens is 318 g/mol. The first-order valence-corrected chi connectivity index (χ1v) is 8.80. The van der Waals surface area contributed by atoms with E-state index in [0.29, 0.717) is 5.82 Å². The average molecular weight is 341 g/mol. The zero-order chi connectivity index (χ0) is 17.3. The molecule has 0 bridgehead atoms. The highest BCUT2D eigenvalue weighted by Crippen LogP contribution is 2.45. The van der Waals surface area contributed by atoms with Crippen molar-refractivity contribution in [2.24, 2.45) is 12.5 Å². The van der Waals surface area contributed by atoms with Crippen LogP contribution in [0.25, 0.3) is 0 Å². The molecule has 0 aromatic carbocycles. The van der Waals surface area contributed by atoms with Gasteiger partial charge >= 0.3 is 0 Å². The second kappa shape index (κ2) is 6.55. The number of piperidine rings is 1. The Labute approximate surface area is 147 Å². The Hall–Kier alpha value is -2.28. The Morgan fingerprint density at radius 1 is 1.28 bits per heavy atom. The topological polar surface area (TPSA) is 73.1 Å². The molecule has 7 heteroatoms. The van der Waals surface area contributed by atoms with E-state index in [2.05, 4.69) is 15.0 Å². The molecule has 0 unspecified atom stereocenters. The van der Waals surface area contributed by atoms with Gasteiger partial charge in [0.2, 0.25) is 0 Å². The van der Waals surface area contributed by atoms with Crippen molar-refractivity contribution in [3.05, 3.63) is 42.5 Å². The lowest BCUT2D eigenvalue weighted by Crippen LogP contribution is -2.47. The standard InChI is InChI=1S/C18H23N5O2/c1-22-8-5-21-16(22)17(24)23-6-2-18(3-7-23)4-9-25-15(18)10-14-11-19-13-20-12-14/h5,8,11-13,15H,2-4,6-7,9-10H2,1H3/t15-/m0/s1. The van der Waals surface area contributed by atoms with Gasteiger partial charge in [0.15, 0.2) is 5.82 Å². The quantitative estimate of drug-likeness (QED) is 0.845. The summed E-state index contributed by atoms with van der Waals surface area (Å²) in [7, 11) is 1.86. The van der Waals surface area contributed by atoms with Gasteiger partial charge in [-0.1, -0.05) is 0 Å². The molecule has 1 spiro atoms. The summed E-state index contributed by atoms with van der Waals surface area (Å²) in [6.07, 6.45) is 12.8. The van der Waals surface area contributed by atoms with E-state index in [1.54, 1.807) is 23.3 Å². The fourth-order valence-corrected chi connectivity index (χ4v) is 4.11. The second-order valence-electron chi connectivity index (χ2n) is 7.08. The zero-order valence-electron chi connectivity index (χ0n) is 14.5. The summed E-state index contributed by atoms with van der Waals surface area (Å²) in [6.45, 7) is 2.32. The first-order valence-electron chi connectivity index (χ1n) is 8.80. The highest BCUT2D eigenvalue weighted by molar-refractivity contribution is 5.90. The van der Waals surface area contributed by atoms with Crippen LogP contribution in [0.4, 0.5) is 0 Å². The van der Waals surface area contributed by atoms with Crippen molar-refractivity contribution in [3.8, 4) is 0 Å². The first-order chi connectivity index (χ1) is 12.2. The van der Waals surface area contributed by atoms with Crippen LogP contribution in [0.3, 0.4) is 0 Å². The molecule has 2 saturated heterocycles. The third-order valence-corrected chi connectivity index (χ3v) is 5.70. The number of hydrogen-bond acceptors (Lipinski definition) is 5. The molecule has 0 N–H and O–H groups in total. The third-order valence-electron chi connectivity index (χ3n) is 5.70. The number of rotatable bonds is 3. The minimum atomic E-state index is 0.0225. The van der Waals surface area contributed by atoms with Gasteiger partial charge in [-0.25, -0.2) is 15.0 Å². The van der Waals surface area contributed by atoms with E-state index in [4.69, 9.17) is 4.74 Å². The summed E-state index contributed by atoms with van der Waals surface area (Å²) in [6, 6.07) is 0. The predicted molar refractivity (Wildman–Crippen MR) is 90.9 cm³/mol. The van der Waals surface area contributed by atoms with Gasteiger partial charge in [-0.15, -0.1) is 0 Å². The average Bonchev–Trinajstić information content (AvgIpc) is 3.23. The Kier molecular flexibility index (Phi) is 4.25. The highest BCUT2D eigenvalue weighted by Gasteiger charge is 2.46. The Balaban J connectivity index is 1.43. The maximum Gasteiger partial charge on any atom is 0.289 e. The van der Waals surface area contributed by atoms with Crippen LogP contribution in [0.2, 0.25) is 0 Å². The van der Waals surface area contributed by atoms with E-state index in [-0.39, 0.29) is 17.4 Å². The molecule has 2 aliphatic heterocycles. The van der Waals surface area contributed by atoms with E-state index in [1.165, 1.54) is 0 Å². The van der Waals surface area contributed by atoms with Crippen LogP contribution in [0.1, 0.15) is 35.4 Å². The molecule has 0 saturated carbocycles. The molecule has 132 valence electrons. The molecule has 1 atom stereocenters. The Bertz CT molecular complexity index is 737. The maximum atomic E-state index is 12.7. The van der Waals surface area contributed by atoms with Crippen LogP contribution >= 0.6 is 0 Å². The van der Waals surface area contributed by atoms with Crippen LogP contribution in [-0.4, -0.2) is 56.1 Å². The molecule has 2 fully saturated rings. The maximum absolute atomic E-state index is 12.7. The summed E-state index contributed by atoms with van der Waals surface area (Å²) in [4.78, 5) is 27.0. The fourth-order valence-electron chi connectivity index (χ4n) is 4.11. The number of amides is 1. The molecule has 4 rings (SSSR count). The number of carbonyl (C=O) groups is 1. The van der Waals surface area contributed by atoms with E-state index in [1.807, 2.05) is 24.3 Å². The number of aryl methyl sites for hydroxylation is 1. The Morgan fingerprint density at radius 2 is 2.04 bits per heavy atom. The monoisotopic (exact) mass is 341 g/mol. The normalized spacial score (nSPS) is 22.4. The molecule has 7 nitrogen and oxygen atoms in total. The lowest BCUT2D eigenvalue weighted by Gasteiger charge is -2.42. The van der Waals surface area contributed by atoms with Crippen molar-refractivity contribution in [2.75, 3.05) is 19.7 Å². The molecule has 4 heterocycles. The van der Waals surface area contributed by atoms with E-state index < -0.39 is 0 Å². The van der Waals surface area contributed by atoms with Crippen molar-refractivity contribution < 1.29 is 9.53 Å². The lowest BCUT2D eigenvalue weighted by atomic mass is 9.71. The molecule has 2 aromatic rings. The van der Waals surface area contributed by atoms with Crippen molar-refractivity contribution in [1.82, 2.24) is 24.4 Å². The minimum absolute atomic E-state index is 0.0225.